The van der Waals surface area contributed by atoms with E-state index in [-0.39, 0.29) is 12.4 Å². The highest BCUT2D eigenvalue weighted by atomic mass is 19.1. The second-order valence-electron chi connectivity index (χ2n) is 5.35. The molecule has 0 bridgehead atoms. The number of hydrazone groups is 1. The maximum atomic E-state index is 13.0. The van der Waals surface area contributed by atoms with Crippen LogP contribution < -0.4 is 15.9 Å². The normalized spacial score (nSPS) is 10.9. The predicted octanol–water partition coefficient (Wildman–Crippen LogP) is 3.56. The van der Waals surface area contributed by atoms with Crippen molar-refractivity contribution in [1.82, 2.24) is 5.43 Å². The van der Waals surface area contributed by atoms with Gasteiger partial charge in [-0.3, -0.25) is 0 Å². The van der Waals surface area contributed by atoms with Crippen molar-refractivity contribution >= 4 is 23.0 Å². The Morgan fingerprint density at radius 3 is 2.64 bits per heavy atom. The van der Waals surface area contributed by atoms with Crippen LogP contribution in [0.25, 0.3) is 10.8 Å². The number of urea groups is 1. The minimum atomic E-state index is -0.745. The largest absolute Gasteiger partial charge is 0.488 e. The number of hydrogen-bond donors (Lipinski definition) is 2. The summed E-state index contributed by atoms with van der Waals surface area (Å²) in [4.78, 5) is 10.8. The summed E-state index contributed by atoms with van der Waals surface area (Å²) in [5.41, 5.74) is 8.76. The van der Waals surface area contributed by atoms with Crippen molar-refractivity contribution in [2.45, 2.75) is 6.61 Å². The Balaban J connectivity index is 1.91. The number of rotatable bonds is 5. The van der Waals surface area contributed by atoms with Gasteiger partial charge in [-0.15, -0.1) is 0 Å². The van der Waals surface area contributed by atoms with E-state index in [0.717, 1.165) is 16.3 Å². The van der Waals surface area contributed by atoms with Crippen molar-refractivity contribution in [2.24, 2.45) is 10.8 Å². The number of carbonyl (C=O) groups excluding carboxylic acids is 1. The summed E-state index contributed by atoms with van der Waals surface area (Å²) in [7, 11) is 0. The molecule has 0 heterocycles. The van der Waals surface area contributed by atoms with Gasteiger partial charge in [0.25, 0.3) is 0 Å². The van der Waals surface area contributed by atoms with E-state index in [2.05, 4.69) is 10.5 Å². The molecule has 0 atom stereocenters. The number of benzene rings is 3. The summed E-state index contributed by atoms with van der Waals surface area (Å²) >= 11 is 0. The van der Waals surface area contributed by atoms with Gasteiger partial charge in [0, 0.05) is 5.56 Å². The van der Waals surface area contributed by atoms with Gasteiger partial charge in [0.1, 0.15) is 18.2 Å². The van der Waals surface area contributed by atoms with Crippen LogP contribution in [0.5, 0.6) is 5.75 Å². The molecule has 25 heavy (non-hydrogen) atoms. The van der Waals surface area contributed by atoms with Crippen molar-refractivity contribution < 1.29 is 13.9 Å². The fourth-order valence-corrected chi connectivity index (χ4v) is 2.44. The second-order valence-corrected chi connectivity index (χ2v) is 5.35. The minimum absolute atomic E-state index is 0.280. The Hall–Kier alpha value is -3.41. The number of hydrogen-bond acceptors (Lipinski definition) is 3. The van der Waals surface area contributed by atoms with Crippen molar-refractivity contribution in [3.05, 3.63) is 77.6 Å². The molecule has 0 saturated carbocycles. The number of fused-ring (bicyclic) bond motifs is 1. The van der Waals surface area contributed by atoms with Crippen LogP contribution in [0.1, 0.15) is 11.1 Å². The smallest absolute Gasteiger partial charge is 0.332 e. The third-order valence-corrected chi connectivity index (χ3v) is 3.61. The van der Waals surface area contributed by atoms with E-state index in [0.29, 0.717) is 11.3 Å². The Labute approximate surface area is 143 Å². The molecule has 0 aromatic heterocycles. The molecule has 126 valence electrons. The van der Waals surface area contributed by atoms with Gasteiger partial charge in [-0.2, -0.15) is 5.10 Å². The molecule has 0 aliphatic carbocycles. The van der Waals surface area contributed by atoms with Crippen LogP contribution in [-0.2, 0) is 6.61 Å². The molecule has 3 rings (SSSR count). The molecule has 0 spiro atoms. The van der Waals surface area contributed by atoms with Crippen molar-refractivity contribution in [3.63, 3.8) is 0 Å². The summed E-state index contributed by atoms with van der Waals surface area (Å²) < 4.78 is 18.9. The van der Waals surface area contributed by atoms with Gasteiger partial charge < -0.3 is 10.5 Å². The lowest BCUT2D eigenvalue weighted by molar-refractivity contribution is 0.249. The molecule has 3 aromatic rings. The van der Waals surface area contributed by atoms with Gasteiger partial charge in [0.15, 0.2) is 0 Å². The standard InChI is InChI=1S/C19H16FN3O2/c20-15-8-5-13(6-9-15)12-25-18-10-7-14-3-1-2-4-16(14)17(18)11-22-23-19(21)24/h1-11H,12H2,(H3,21,23,24)/b22-11+. The van der Waals surface area contributed by atoms with Crippen LogP contribution in [0, 0.1) is 5.82 Å². The molecule has 0 radical (unpaired) electrons. The van der Waals surface area contributed by atoms with Crippen LogP contribution in [0.2, 0.25) is 0 Å². The van der Waals surface area contributed by atoms with Gasteiger partial charge in [-0.05, 0) is 34.5 Å². The molecule has 0 saturated heterocycles. The van der Waals surface area contributed by atoms with E-state index in [4.69, 9.17) is 10.5 Å². The number of halogens is 1. The van der Waals surface area contributed by atoms with E-state index in [1.165, 1.54) is 18.3 Å². The van der Waals surface area contributed by atoms with E-state index >= 15 is 0 Å². The zero-order valence-corrected chi connectivity index (χ0v) is 13.3. The van der Waals surface area contributed by atoms with Crippen LogP contribution >= 0.6 is 0 Å². The molecule has 3 aromatic carbocycles. The summed E-state index contributed by atoms with van der Waals surface area (Å²) in [6.07, 6.45) is 1.49. The number of nitrogens with one attached hydrogen (secondary N) is 1. The first-order valence-electron chi connectivity index (χ1n) is 7.61. The molecule has 2 amide bonds. The highest BCUT2D eigenvalue weighted by Crippen LogP contribution is 2.27. The lowest BCUT2D eigenvalue weighted by Gasteiger charge is -2.12. The van der Waals surface area contributed by atoms with Crippen molar-refractivity contribution in [3.8, 4) is 5.75 Å². The average molecular weight is 337 g/mol. The highest BCUT2D eigenvalue weighted by molar-refractivity contribution is 6.02. The Morgan fingerprint density at radius 2 is 1.88 bits per heavy atom. The lowest BCUT2D eigenvalue weighted by atomic mass is 10.0. The Morgan fingerprint density at radius 1 is 1.12 bits per heavy atom. The molecule has 0 fully saturated rings. The quantitative estimate of drug-likeness (QED) is 0.552. The zero-order chi connectivity index (χ0) is 17.6. The minimum Gasteiger partial charge on any atom is -0.488 e. The summed E-state index contributed by atoms with van der Waals surface area (Å²) in [5, 5.41) is 5.78. The maximum Gasteiger partial charge on any atom is 0.332 e. The molecule has 0 aliphatic heterocycles. The fourth-order valence-electron chi connectivity index (χ4n) is 2.44. The molecule has 0 aliphatic rings. The first-order chi connectivity index (χ1) is 12.1. The third-order valence-electron chi connectivity index (χ3n) is 3.61. The van der Waals surface area contributed by atoms with Gasteiger partial charge in [0.2, 0.25) is 0 Å². The number of amides is 2. The lowest BCUT2D eigenvalue weighted by Crippen LogP contribution is -2.24. The van der Waals surface area contributed by atoms with E-state index in [1.807, 2.05) is 36.4 Å². The SMILES string of the molecule is NC(=O)N/N=C/c1c(OCc2ccc(F)cc2)ccc2ccccc12. The topological polar surface area (TPSA) is 76.7 Å². The molecule has 3 N–H and O–H groups in total. The fraction of sp³-hybridized carbons (Fsp3) is 0.0526. The van der Waals surface area contributed by atoms with Crippen LogP contribution in [-0.4, -0.2) is 12.2 Å². The maximum absolute atomic E-state index is 13.0. The summed E-state index contributed by atoms with van der Waals surface area (Å²) in [6, 6.07) is 16.9. The molecular formula is C19H16FN3O2. The number of nitrogens with zero attached hydrogens (tertiary/aromatic N) is 1. The zero-order valence-electron chi connectivity index (χ0n) is 13.3. The highest BCUT2D eigenvalue weighted by Gasteiger charge is 2.08. The first-order valence-corrected chi connectivity index (χ1v) is 7.61. The number of carbonyl (C=O) groups is 1. The van der Waals surface area contributed by atoms with Gasteiger partial charge in [-0.1, -0.05) is 42.5 Å². The number of primary amides is 1. The van der Waals surface area contributed by atoms with E-state index in [1.54, 1.807) is 12.1 Å². The van der Waals surface area contributed by atoms with E-state index in [9.17, 15) is 9.18 Å². The molecule has 6 heteroatoms. The monoisotopic (exact) mass is 337 g/mol. The number of nitrogens with two attached hydrogens (primary N) is 1. The Kier molecular flexibility index (Phi) is 4.89. The molecular weight excluding hydrogens is 321 g/mol. The average Bonchev–Trinajstić information content (AvgIpc) is 2.62. The van der Waals surface area contributed by atoms with Crippen LogP contribution in [0.3, 0.4) is 0 Å². The van der Waals surface area contributed by atoms with Crippen LogP contribution in [0.4, 0.5) is 9.18 Å². The number of ether oxygens (including phenoxy) is 1. The molecule has 0 unspecified atom stereocenters. The Bertz CT molecular complexity index is 924. The van der Waals surface area contributed by atoms with Gasteiger partial charge >= 0.3 is 6.03 Å². The molecule has 5 nitrogen and oxygen atoms in total. The van der Waals surface area contributed by atoms with Crippen molar-refractivity contribution in [2.75, 3.05) is 0 Å². The van der Waals surface area contributed by atoms with E-state index < -0.39 is 6.03 Å². The first kappa shape index (κ1) is 16.4. The van der Waals surface area contributed by atoms with Crippen LogP contribution in [0.15, 0.2) is 65.8 Å². The predicted molar refractivity (Wildman–Crippen MR) is 95.0 cm³/mol. The third kappa shape index (κ3) is 4.11. The van der Waals surface area contributed by atoms with Gasteiger partial charge in [0.05, 0.1) is 6.21 Å². The van der Waals surface area contributed by atoms with Crippen molar-refractivity contribution in [1.29, 1.82) is 0 Å². The second kappa shape index (κ2) is 7.44. The summed E-state index contributed by atoms with van der Waals surface area (Å²) in [6.45, 7) is 0.280. The van der Waals surface area contributed by atoms with Gasteiger partial charge in [-0.25, -0.2) is 14.6 Å². The summed E-state index contributed by atoms with van der Waals surface area (Å²) in [5.74, 6) is 0.304.